The number of amidine groups is 1. The van der Waals surface area contributed by atoms with Crippen LogP contribution in [0.2, 0.25) is 0 Å². The zero-order valence-corrected chi connectivity index (χ0v) is 10.2. The number of hydrogen-bond donors (Lipinski definition) is 2. The highest BCUT2D eigenvalue weighted by molar-refractivity contribution is 5.98. The largest absolute Gasteiger partial charge is 0.382 e. The highest BCUT2D eigenvalue weighted by atomic mass is 15.1. The molecule has 0 atom stereocenters. The predicted octanol–water partition coefficient (Wildman–Crippen LogP) is 1.85. The first kappa shape index (κ1) is 12.5. The zero-order chi connectivity index (χ0) is 12.1. The summed E-state index contributed by atoms with van der Waals surface area (Å²) < 4.78 is 0. The van der Waals surface area contributed by atoms with Gasteiger partial charge >= 0.3 is 0 Å². The summed E-state index contributed by atoms with van der Waals surface area (Å²) in [7, 11) is 2.01. The van der Waals surface area contributed by atoms with Gasteiger partial charge < -0.3 is 10.6 Å². The monoisotopic (exact) mass is 220 g/mol. The van der Waals surface area contributed by atoms with E-state index in [0.717, 1.165) is 18.7 Å². The fourth-order valence-electron chi connectivity index (χ4n) is 1.48. The Morgan fingerprint density at radius 1 is 1.56 bits per heavy atom. The van der Waals surface area contributed by atoms with E-state index < -0.39 is 0 Å². The van der Waals surface area contributed by atoms with Crippen molar-refractivity contribution in [3.8, 4) is 0 Å². The van der Waals surface area contributed by atoms with Crippen molar-refractivity contribution in [1.82, 2.24) is 4.98 Å². The van der Waals surface area contributed by atoms with Gasteiger partial charge in [-0.15, -0.1) is 0 Å². The number of pyridine rings is 1. The van der Waals surface area contributed by atoms with Crippen LogP contribution >= 0.6 is 0 Å². The predicted molar refractivity (Wildman–Crippen MR) is 68.0 cm³/mol. The third kappa shape index (κ3) is 3.22. The standard InChI is InChI=1S/C12H20N4/c1-9(2)6-8-16(3)10-5-4-7-15-11(10)12(13)14/h4-5,7,9H,6,8H2,1-3H3,(H3,13,14). The highest BCUT2D eigenvalue weighted by Gasteiger charge is 2.10. The molecule has 16 heavy (non-hydrogen) atoms. The lowest BCUT2D eigenvalue weighted by molar-refractivity contribution is 0.585. The lowest BCUT2D eigenvalue weighted by atomic mass is 10.1. The number of nitrogens with two attached hydrogens (primary N) is 1. The van der Waals surface area contributed by atoms with Crippen molar-refractivity contribution >= 4 is 11.5 Å². The maximum absolute atomic E-state index is 7.47. The normalized spacial score (nSPS) is 10.5. The Labute approximate surface area is 97.0 Å². The summed E-state index contributed by atoms with van der Waals surface area (Å²) in [4.78, 5) is 6.24. The molecule has 0 saturated heterocycles. The van der Waals surface area contributed by atoms with Gasteiger partial charge in [-0.05, 0) is 24.5 Å². The molecule has 0 aliphatic heterocycles. The van der Waals surface area contributed by atoms with Gasteiger partial charge in [-0.1, -0.05) is 13.8 Å². The molecule has 4 heteroatoms. The van der Waals surface area contributed by atoms with E-state index in [9.17, 15) is 0 Å². The Morgan fingerprint density at radius 2 is 2.25 bits per heavy atom. The molecule has 0 fully saturated rings. The molecule has 1 rings (SSSR count). The van der Waals surface area contributed by atoms with Crippen LogP contribution in [0, 0.1) is 11.3 Å². The van der Waals surface area contributed by atoms with Crippen molar-refractivity contribution in [3.05, 3.63) is 24.0 Å². The summed E-state index contributed by atoms with van der Waals surface area (Å²) in [6, 6.07) is 3.82. The maximum atomic E-state index is 7.47. The highest BCUT2D eigenvalue weighted by Crippen LogP contribution is 2.17. The van der Waals surface area contributed by atoms with E-state index in [1.807, 2.05) is 19.2 Å². The van der Waals surface area contributed by atoms with Crippen LogP contribution in [0.1, 0.15) is 26.0 Å². The molecular formula is C12H20N4. The van der Waals surface area contributed by atoms with Crippen molar-refractivity contribution in [2.24, 2.45) is 11.7 Å². The first-order valence-electron chi connectivity index (χ1n) is 5.53. The van der Waals surface area contributed by atoms with Gasteiger partial charge in [0.2, 0.25) is 0 Å². The maximum Gasteiger partial charge on any atom is 0.143 e. The molecule has 0 amide bonds. The fraction of sp³-hybridized carbons (Fsp3) is 0.500. The molecule has 0 aliphatic carbocycles. The van der Waals surface area contributed by atoms with Crippen LogP contribution in [-0.4, -0.2) is 24.4 Å². The van der Waals surface area contributed by atoms with E-state index >= 15 is 0 Å². The molecule has 3 N–H and O–H groups in total. The van der Waals surface area contributed by atoms with Crippen LogP contribution < -0.4 is 10.6 Å². The van der Waals surface area contributed by atoms with Gasteiger partial charge in [-0.25, -0.2) is 0 Å². The lowest BCUT2D eigenvalue weighted by Crippen LogP contribution is -2.25. The molecule has 0 aliphatic rings. The Hall–Kier alpha value is -1.58. The molecule has 88 valence electrons. The Balaban J connectivity index is 2.82. The Kier molecular flexibility index (Phi) is 4.28. The number of hydrogen-bond acceptors (Lipinski definition) is 3. The van der Waals surface area contributed by atoms with Gasteiger partial charge in [0.15, 0.2) is 0 Å². The molecule has 0 radical (unpaired) electrons. The van der Waals surface area contributed by atoms with Crippen molar-refractivity contribution < 1.29 is 0 Å². The second-order valence-corrected chi connectivity index (χ2v) is 4.39. The summed E-state index contributed by atoms with van der Waals surface area (Å²) in [5.41, 5.74) is 6.99. The quantitative estimate of drug-likeness (QED) is 0.588. The third-order valence-electron chi connectivity index (χ3n) is 2.49. The number of anilines is 1. The van der Waals surface area contributed by atoms with E-state index in [-0.39, 0.29) is 5.84 Å². The Morgan fingerprint density at radius 3 is 2.81 bits per heavy atom. The van der Waals surface area contributed by atoms with Gasteiger partial charge in [0.1, 0.15) is 11.5 Å². The van der Waals surface area contributed by atoms with Crippen LogP contribution in [0.5, 0.6) is 0 Å². The van der Waals surface area contributed by atoms with E-state index in [2.05, 4.69) is 23.7 Å². The van der Waals surface area contributed by atoms with Crippen molar-refractivity contribution in [1.29, 1.82) is 5.41 Å². The summed E-state index contributed by atoms with van der Waals surface area (Å²) in [6.07, 6.45) is 2.78. The van der Waals surface area contributed by atoms with E-state index in [1.54, 1.807) is 6.20 Å². The van der Waals surface area contributed by atoms with E-state index in [0.29, 0.717) is 11.6 Å². The van der Waals surface area contributed by atoms with Crippen LogP contribution in [-0.2, 0) is 0 Å². The SMILES string of the molecule is CC(C)CCN(C)c1cccnc1C(=N)N. The van der Waals surface area contributed by atoms with Crippen molar-refractivity contribution in [2.75, 3.05) is 18.5 Å². The summed E-state index contributed by atoms with van der Waals surface area (Å²) in [5.74, 6) is 0.687. The molecule has 0 bridgehead atoms. The van der Waals surface area contributed by atoms with Crippen molar-refractivity contribution in [2.45, 2.75) is 20.3 Å². The smallest absolute Gasteiger partial charge is 0.143 e. The first-order valence-corrected chi connectivity index (χ1v) is 5.53. The topological polar surface area (TPSA) is 66.0 Å². The number of rotatable bonds is 5. The molecule has 1 aromatic heterocycles. The van der Waals surface area contributed by atoms with Gasteiger partial charge in [0, 0.05) is 19.8 Å². The van der Waals surface area contributed by atoms with Gasteiger partial charge in [0.25, 0.3) is 0 Å². The molecule has 0 spiro atoms. The fourth-order valence-corrected chi connectivity index (χ4v) is 1.48. The van der Waals surface area contributed by atoms with Crippen LogP contribution in [0.4, 0.5) is 5.69 Å². The van der Waals surface area contributed by atoms with Gasteiger partial charge in [-0.2, -0.15) is 0 Å². The summed E-state index contributed by atoms with van der Waals surface area (Å²) in [5, 5.41) is 7.47. The number of nitrogens with one attached hydrogen (secondary N) is 1. The third-order valence-corrected chi connectivity index (χ3v) is 2.49. The second kappa shape index (κ2) is 5.49. The van der Waals surface area contributed by atoms with Crippen LogP contribution in [0.3, 0.4) is 0 Å². The average molecular weight is 220 g/mol. The second-order valence-electron chi connectivity index (χ2n) is 4.39. The summed E-state index contributed by atoms with van der Waals surface area (Å²) in [6.45, 7) is 5.34. The lowest BCUT2D eigenvalue weighted by Gasteiger charge is -2.22. The van der Waals surface area contributed by atoms with E-state index in [1.165, 1.54) is 0 Å². The Bertz CT molecular complexity index is 360. The van der Waals surface area contributed by atoms with E-state index in [4.69, 9.17) is 11.1 Å². The minimum Gasteiger partial charge on any atom is -0.382 e. The summed E-state index contributed by atoms with van der Waals surface area (Å²) >= 11 is 0. The molecule has 0 saturated carbocycles. The molecule has 1 heterocycles. The van der Waals surface area contributed by atoms with Crippen molar-refractivity contribution in [3.63, 3.8) is 0 Å². The minimum atomic E-state index is 0.0204. The number of nitrogen functional groups attached to an aromatic ring is 1. The van der Waals surface area contributed by atoms with Crippen LogP contribution in [0.25, 0.3) is 0 Å². The minimum absolute atomic E-state index is 0.0204. The van der Waals surface area contributed by atoms with Gasteiger partial charge in [-0.3, -0.25) is 10.4 Å². The molecule has 4 nitrogen and oxygen atoms in total. The molecule has 0 aromatic carbocycles. The average Bonchev–Trinajstić information content (AvgIpc) is 2.25. The number of nitrogens with zero attached hydrogens (tertiary/aromatic N) is 2. The zero-order valence-electron chi connectivity index (χ0n) is 10.2. The molecule has 1 aromatic rings. The first-order chi connectivity index (χ1) is 7.52. The molecular weight excluding hydrogens is 200 g/mol. The van der Waals surface area contributed by atoms with Gasteiger partial charge in [0.05, 0.1) is 5.69 Å². The molecule has 0 unspecified atom stereocenters. The van der Waals surface area contributed by atoms with Crippen LogP contribution in [0.15, 0.2) is 18.3 Å². The number of aromatic nitrogens is 1.